The van der Waals surface area contributed by atoms with Crippen LogP contribution in [0.2, 0.25) is 0 Å². The molecule has 5 heteroatoms. The van der Waals surface area contributed by atoms with E-state index in [-0.39, 0.29) is 11.7 Å². The number of likely N-dealkylation sites (N-methyl/N-ethyl adjacent to an activating group) is 2. The lowest BCUT2D eigenvalue weighted by Crippen LogP contribution is -2.40. The molecule has 0 spiro atoms. The summed E-state index contributed by atoms with van der Waals surface area (Å²) in [5.41, 5.74) is 0. The lowest BCUT2D eigenvalue weighted by atomic mass is 10.3. The Morgan fingerprint density at radius 3 is 2.61 bits per heavy atom. The quantitative estimate of drug-likeness (QED) is 0.831. The van der Waals surface area contributed by atoms with E-state index in [2.05, 4.69) is 5.32 Å². The molecule has 1 rings (SSSR count). The minimum atomic E-state index is -0.586. The van der Waals surface area contributed by atoms with Crippen molar-refractivity contribution < 1.29 is 13.9 Å². The number of amides is 1. The molecule has 1 N–H and O–H groups in total. The van der Waals surface area contributed by atoms with Crippen LogP contribution in [0, 0.1) is 5.82 Å². The normalized spacial score (nSPS) is 12.0. The number of carbonyl (C=O) groups is 1. The van der Waals surface area contributed by atoms with Crippen molar-refractivity contribution in [2.45, 2.75) is 13.0 Å². The van der Waals surface area contributed by atoms with Gasteiger partial charge in [0, 0.05) is 20.1 Å². The summed E-state index contributed by atoms with van der Waals surface area (Å²) in [7, 11) is 3.56. The molecule has 0 aliphatic rings. The summed E-state index contributed by atoms with van der Waals surface area (Å²) in [5, 5.41) is 2.97. The van der Waals surface area contributed by atoms with Gasteiger partial charge in [-0.05, 0) is 38.2 Å². The molecule has 1 aromatic carbocycles. The van der Waals surface area contributed by atoms with E-state index < -0.39 is 6.10 Å². The highest BCUT2D eigenvalue weighted by molar-refractivity contribution is 5.80. The Labute approximate surface area is 107 Å². The first-order chi connectivity index (χ1) is 8.54. The van der Waals surface area contributed by atoms with E-state index in [1.165, 1.54) is 24.3 Å². The molecular weight excluding hydrogens is 235 g/mol. The lowest BCUT2D eigenvalue weighted by molar-refractivity contribution is -0.136. The zero-order valence-electron chi connectivity index (χ0n) is 10.9. The van der Waals surface area contributed by atoms with E-state index in [0.717, 1.165) is 6.54 Å². The van der Waals surface area contributed by atoms with Crippen LogP contribution in [0.25, 0.3) is 0 Å². The van der Waals surface area contributed by atoms with Crippen LogP contribution in [0.4, 0.5) is 4.39 Å². The van der Waals surface area contributed by atoms with Crippen molar-refractivity contribution in [1.82, 2.24) is 10.2 Å². The second kappa shape index (κ2) is 6.96. The molecule has 1 atom stereocenters. The summed E-state index contributed by atoms with van der Waals surface area (Å²) in [6.07, 6.45) is -0.586. The summed E-state index contributed by atoms with van der Waals surface area (Å²) in [6, 6.07) is 5.62. The monoisotopic (exact) mass is 254 g/mol. The predicted octanol–water partition coefficient (Wildman–Crippen LogP) is 1.27. The predicted molar refractivity (Wildman–Crippen MR) is 68.1 cm³/mol. The molecule has 4 nitrogen and oxygen atoms in total. The number of hydrogen-bond acceptors (Lipinski definition) is 3. The van der Waals surface area contributed by atoms with Crippen molar-refractivity contribution in [3.63, 3.8) is 0 Å². The van der Waals surface area contributed by atoms with Crippen LogP contribution < -0.4 is 10.1 Å². The average molecular weight is 254 g/mol. The molecule has 0 bridgehead atoms. The van der Waals surface area contributed by atoms with Gasteiger partial charge in [0.25, 0.3) is 5.91 Å². The van der Waals surface area contributed by atoms with Crippen LogP contribution >= 0.6 is 0 Å². The SMILES string of the molecule is CNCCN(C)C(=O)C(C)Oc1ccc(F)cc1. The largest absolute Gasteiger partial charge is 0.481 e. The fourth-order valence-corrected chi connectivity index (χ4v) is 1.47. The molecule has 1 aromatic rings. The van der Waals surface area contributed by atoms with Crippen molar-refractivity contribution in [3.8, 4) is 5.75 Å². The summed E-state index contributed by atoms with van der Waals surface area (Å²) in [4.78, 5) is 13.5. The molecule has 0 aromatic heterocycles. The molecule has 0 saturated heterocycles. The second-order valence-electron chi connectivity index (χ2n) is 4.08. The van der Waals surface area contributed by atoms with Crippen LogP contribution in [0.3, 0.4) is 0 Å². The molecule has 1 unspecified atom stereocenters. The van der Waals surface area contributed by atoms with E-state index >= 15 is 0 Å². The highest BCUT2D eigenvalue weighted by Crippen LogP contribution is 2.13. The van der Waals surface area contributed by atoms with E-state index in [1.54, 1.807) is 18.9 Å². The van der Waals surface area contributed by atoms with Gasteiger partial charge in [0.2, 0.25) is 0 Å². The smallest absolute Gasteiger partial charge is 0.263 e. The minimum absolute atomic E-state index is 0.102. The van der Waals surface area contributed by atoms with E-state index in [1.807, 2.05) is 7.05 Å². The summed E-state index contributed by atoms with van der Waals surface area (Å²) in [5.74, 6) is 0.0568. The standard InChI is InChI=1S/C13H19FN2O2/c1-10(13(17)16(3)9-8-15-2)18-12-6-4-11(14)5-7-12/h4-7,10,15H,8-9H2,1-3H3. The van der Waals surface area contributed by atoms with Crippen LogP contribution in [-0.2, 0) is 4.79 Å². The van der Waals surface area contributed by atoms with Gasteiger partial charge in [-0.1, -0.05) is 0 Å². The van der Waals surface area contributed by atoms with Gasteiger partial charge in [0.1, 0.15) is 11.6 Å². The van der Waals surface area contributed by atoms with Crippen molar-refractivity contribution in [2.75, 3.05) is 27.2 Å². The molecule has 0 aliphatic heterocycles. The minimum Gasteiger partial charge on any atom is -0.481 e. The first-order valence-corrected chi connectivity index (χ1v) is 5.86. The van der Waals surface area contributed by atoms with Gasteiger partial charge in [-0.2, -0.15) is 0 Å². The van der Waals surface area contributed by atoms with Crippen LogP contribution in [0.1, 0.15) is 6.92 Å². The van der Waals surface area contributed by atoms with Crippen LogP contribution in [0.15, 0.2) is 24.3 Å². The van der Waals surface area contributed by atoms with Gasteiger partial charge in [-0.25, -0.2) is 4.39 Å². The molecule has 100 valence electrons. The molecule has 0 heterocycles. The van der Waals surface area contributed by atoms with Crippen LogP contribution in [0.5, 0.6) is 5.75 Å². The Bertz CT molecular complexity index is 381. The number of ether oxygens (including phenoxy) is 1. The van der Waals surface area contributed by atoms with E-state index in [9.17, 15) is 9.18 Å². The van der Waals surface area contributed by atoms with Gasteiger partial charge >= 0.3 is 0 Å². The van der Waals surface area contributed by atoms with E-state index in [0.29, 0.717) is 12.3 Å². The van der Waals surface area contributed by atoms with Gasteiger partial charge in [-0.3, -0.25) is 4.79 Å². The number of rotatable bonds is 6. The number of hydrogen-bond donors (Lipinski definition) is 1. The molecule has 0 saturated carbocycles. The fraction of sp³-hybridized carbons (Fsp3) is 0.462. The van der Waals surface area contributed by atoms with Gasteiger partial charge in [0.05, 0.1) is 0 Å². The van der Waals surface area contributed by atoms with Crippen molar-refractivity contribution >= 4 is 5.91 Å². The summed E-state index contributed by atoms with van der Waals surface area (Å²) < 4.78 is 18.2. The average Bonchev–Trinajstić information content (AvgIpc) is 2.37. The van der Waals surface area contributed by atoms with Crippen molar-refractivity contribution in [2.24, 2.45) is 0 Å². The maximum Gasteiger partial charge on any atom is 0.263 e. The number of nitrogens with zero attached hydrogens (tertiary/aromatic N) is 1. The first-order valence-electron chi connectivity index (χ1n) is 5.86. The zero-order valence-corrected chi connectivity index (χ0v) is 10.9. The van der Waals surface area contributed by atoms with Crippen molar-refractivity contribution in [3.05, 3.63) is 30.1 Å². The lowest BCUT2D eigenvalue weighted by Gasteiger charge is -2.22. The highest BCUT2D eigenvalue weighted by Gasteiger charge is 2.18. The molecule has 0 radical (unpaired) electrons. The maximum absolute atomic E-state index is 12.7. The third kappa shape index (κ3) is 4.33. The van der Waals surface area contributed by atoms with Gasteiger partial charge < -0.3 is 15.0 Å². The number of carbonyl (C=O) groups excluding carboxylic acids is 1. The van der Waals surface area contributed by atoms with E-state index in [4.69, 9.17) is 4.74 Å². The zero-order chi connectivity index (χ0) is 13.5. The molecule has 1 amide bonds. The number of nitrogens with one attached hydrogen (secondary N) is 1. The Morgan fingerprint density at radius 2 is 2.06 bits per heavy atom. The van der Waals surface area contributed by atoms with Gasteiger partial charge in [0.15, 0.2) is 6.10 Å². The number of benzene rings is 1. The maximum atomic E-state index is 12.7. The Hall–Kier alpha value is -1.62. The Balaban J connectivity index is 2.51. The molecule has 0 fully saturated rings. The summed E-state index contributed by atoms with van der Waals surface area (Å²) in [6.45, 7) is 3.03. The van der Waals surface area contributed by atoms with Crippen LogP contribution in [-0.4, -0.2) is 44.1 Å². The van der Waals surface area contributed by atoms with Crippen molar-refractivity contribution in [1.29, 1.82) is 0 Å². The third-order valence-corrected chi connectivity index (χ3v) is 2.55. The highest BCUT2D eigenvalue weighted by atomic mass is 19.1. The summed E-state index contributed by atoms with van der Waals surface area (Å²) >= 11 is 0. The second-order valence-corrected chi connectivity index (χ2v) is 4.08. The molecule has 0 aliphatic carbocycles. The first kappa shape index (κ1) is 14.4. The Kier molecular flexibility index (Phi) is 5.58. The third-order valence-electron chi connectivity index (χ3n) is 2.55. The van der Waals surface area contributed by atoms with Gasteiger partial charge in [-0.15, -0.1) is 0 Å². The Morgan fingerprint density at radius 1 is 1.44 bits per heavy atom. The topological polar surface area (TPSA) is 41.6 Å². The fourth-order valence-electron chi connectivity index (χ4n) is 1.47. The number of halogens is 1. The molecule has 18 heavy (non-hydrogen) atoms. The molecular formula is C13H19FN2O2.